The van der Waals surface area contributed by atoms with Crippen molar-refractivity contribution in [3.05, 3.63) is 59.7 Å². The van der Waals surface area contributed by atoms with E-state index >= 15 is 0 Å². The molecule has 0 atom stereocenters. The molecule has 0 N–H and O–H groups in total. The van der Waals surface area contributed by atoms with Gasteiger partial charge in [0.2, 0.25) is 0 Å². The van der Waals surface area contributed by atoms with Crippen LogP contribution in [0.4, 0.5) is 0 Å². The van der Waals surface area contributed by atoms with Gasteiger partial charge in [-0.2, -0.15) is 0 Å². The zero-order valence-electron chi connectivity index (χ0n) is 23.6. The number of benzene rings is 2. The van der Waals surface area contributed by atoms with Crippen LogP contribution in [0.25, 0.3) is 30.8 Å². The topological polar surface area (TPSA) is 25.8 Å². The Kier molecular flexibility index (Phi) is 9.44. The van der Waals surface area contributed by atoms with Crippen molar-refractivity contribution in [3.63, 3.8) is 0 Å². The van der Waals surface area contributed by atoms with E-state index in [0.717, 1.165) is 41.9 Å². The van der Waals surface area contributed by atoms with E-state index in [4.69, 9.17) is 9.97 Å². The molecule has 0 unspecified atom stereocenters. The summed E-state index contributed by atoms with van der Waals surface area (Å²) in [7, 11) is -2.86. The zero-order valence-corrected chi connectivity index (χ0v) is 27.2. The molecule has 2 nitrogen and oxygen atoms in total. The number of nitrogens with zero attached hydrogens (tertiary/aromatic N) is 2. The van der Waals surface area contributed by atoms with Crippen LogP contribution in [0.15, 0.2) is 48.5 Å². The minimum absolute atomic E-state index is 1.00. The Bertz CT molecular complexity index is 1330. The van der Waals surface area contributed by atoms with E-state index in [0.29, 0.717) is 0 Å². The Morgan fingerprint density at radius 1 is 0.526 bits per heavy atom. The lowest BCUT2D eigenvalue weighted by atomic mass is 10.1. The molecular weight excluding hydrogens is 533 g/mol. The van der Waals surface area contributed by atoms with E-state index in [1.165, 1.54) is 36.3 Å². The van der Waals surface area contributed by atoms with E-state index in [1.807, 2.05) is 0 Å². The van der Waals surface area contributed by atoms with Crippen LogP contribution in [-0.2, 0) is 0 Å². The lowest BCUT2D eigenvalue weighted by Gasteiger charge is -2.19. The number of fused-ring (bicyclic) bond motifs is 1. The second-order valence-electron chi connectivity index (χ2n) is 9.99. The zero-order chi connectivity index (χ0) is 27.2. The highest BCUT2D eigenvalue weighted by Crippen LogP contribution is 2.36. The molecule has 2 aromatic carbocycles. The summed E-state index contributed by atoms with van der Waals surface area (Å²) in [6, 6.07) is 24.5. The van der Waals surface area contributed by atoms with Crippen molar-refractivity contribution in [2.75, 3.05) is 0 Å². The maximum atomic E-state index is 4.91. The van der Waals surface area contributed by atoms with Gasteiger partial charge in [0.15, 0.2) is 9.66 Å². The lowest BCUT2D eigenvalue weighted by molar-refractivity contribution is 1.20. The van der Waals surface area contributed by atoms with Crippen molar-refractivity contribution < 1.29 is 0 Å². The molecule has 0 bridgehead atoms. The SMILES string of the molecule is CC[Si](C#Cc1ccc(-c2nc3sc(-c4ccc(C#C[Si](CC)(CC)CC)cc4)nc3s2)cc1)(CC)CC. The van der Waals surface area contributed by atoms with E-state index in [9.17, 15) is 0 Å². The van der Waals surface area contributed by atoms with Gasteiger partial charge in [-0.3, -0.25) is 0 Å². The average molecular weight is 571 g/mol. The average Bonchev–Trinajstić information content (AvgIpc) is 3.56. The van der Waals surface area contributed by atoms with Crippen LogP contribution in [0, 0.1) is 22.9 Å². The quantitative estimate of drug-likeness (QED) is 0.156. The first kappa shape index (κ1) is 28.5. The molecule has 2 heterocycles. The van der Waals surface area contributed by atoms with Crippen LogP contribution in [0.3, 0.4) is 0 Å². The maximum absolute atomic E-state index is 4.91. The first-order chi connectivity index (χ1) is 18.4. The van der Waals surface area contributed by atoms with Gasteiger partial charge in [-0.25, -0.2) is 9.97 Å². The molecule has 4 aromatic rings. The van der Waals surface area contributed by atoms with Crippen molar-refractivity contribution >= 4 is 48.5 Å². The third-order valence-corrected chi connectivity index (χ3v) is 19.8. The van der Waals surface area contributed by atoms with E-state index in [1.54, 1.807) is 22.7 Å². The summed E-state index contributed by atoms with van der Waals surface area (Å²) in [5.74, 6) is 6.94. The Hall–Kier alpha value is -2.49. The molecule has 0 saturated heterocycles. The molecule has 38 heavy (non-hydrogen) atoms. The van der Waals surface area contributed by atoms with Crippen molar-refractivity contribution in [1.29, 1.82) is 0 Å². The highest BCUT2D eigenvalue weighted by Gasteiger charge is 2.25. The summed E-state index contributed by atoms with van der Waals surface area (Å²) in [5.41, 5.74) is 11.8. The molecule has 196 valence electrons. The largest absolute Gasteiger partial charge is 0.223 e. The van der Waals surface area contributed by atoms with Crippen LogP contribution in [-0.4, -0.2) is 26.1 Å². The van der Waals surface area contributed by atoms with Crippen LogP contribution in [0.2, 0.25) is 36.3 Å². The molecular formula is C32H38N2S2Si2. The van der Waals surface area contributed by atoms with Gasteiger partial charge in [0.25, 0.3) is 0 Å². The Labute approximate surface area is 239 Å². The van der Waals surface area contributed by atoms with E-state index < -0.39 is 16.1 Å². The number of thiazole rings is 2. The maximum Gasteiger partial charge on any atom is 0.155 e. The number of hydrogen-bond donors (Lipinski definition) is 0. The molecule has 2 aromatic heterocycles. The minimum Gasteiger partial charge on any atom is -0.223 e. The predicted octanol–water partition coefficient (Wildman–Crippen LogP) is 9.89. The van der Waals surface area contributed by atoms with Crippen molar-refractivity contribution in [2.45, 2.75) is 77.8 Å². The number of rotatable bonds is 8. The highest BCUT2D eigenvalue weighted by atomic mass is 32.1. The van der Waals surface area contributed by atoms with Crippen LogP contribution < -0.4 is 0 Å². The van der Waals surface area contributed by atoms with Gasteiger partial charge < -0.3 is 0 Å². The minimum atomic E-state index is -1.43. The summed E-state index contributed by atoms with van der Waals surface area (Å²) >= 11 is 3.33. The third-order valence-electron chi connectivity index (χ3n) is 8.24. The van der Waals surface area contributed by atoms with Crippen molar-refractivity contribution in [1.82, 2.24) is 9.97 Å². The monoisotopic (exact) mass is 570 g/mol. The van der Waals surface area contributed by atoms with Gasteiger partial charge >= 0.3 is 0 Å². The molecule has 0 radical (unpaired) electrons. The van der Waals surface area contributed by atoms with Crippen LogP contribution in [0.5, 0.6) is 0 Å². The second-order valence-corrected chi connectivity index (χ2v) is 21.8. The summed E-state index contributed by atoms with van der Waals surface area (Å²) in [5, 5.41) is 2.04. The number of aromatic nitrogens is 2. The Morgan fingerprint density at radius 3 is 1.13 bits per heavy atom. The normalized spacial score (nSPS) is 11.6. The van der Waals surface area contributed by atoms with Crippen LogP contribution >= 0.6 is 22.7 Å². The van der Waals surface area contributed by atoms with Gasteiger partial charge in [-0.15, -0.1) is 11.1 Å². The van der Waals surface area contributed by atoms with Gasteiger partial charge in [-0.05, 0) is 60.5 Å². The molecule has 0 aliphatic heterocycles. The molecule has 4 rings (SSSR count). The van der Waals surface area contributed by atoms with Gasteiger partial charge in [-0.1, -0.05) is 100 Å². The Balaban J connectivity index is 1.50. The van der Waals surface area contributed by atoms with E-state index in [2.05, 4.69) is 113 Å². The standard InChI is InChI=1S/C32H38N2S2Si2/c1-7-37(8-2,9-3)23-21-25-13-17-27(18-14-25)29-33-31-32(35-29)34-30(36-31)28-19-15-26(16-20-28)22-24-38(10-4,11-5)12-6/h13-20H,7-12H2,1-6H3. The fourth-order valence-electron chi connectivity index (χ4n) is 4.72. The summed E-state index contributed by atoms with van der Waals surface area (Å²) < 4.78 is 0. The first-order valence-electron chi connectivity index (χ1n) is 14.0. The molecule has 0 aliphatic carbocycles. The number of hydrogen-bond acceptors (Lipinski definition) is 4. The Morgan fingerprint density at radius 2 is 0.842 bits per heavy atom. The summed E-state index contributed by atoms with van der Waals surface area (Å²) in [6.45, 7) is 13.8. The lowest BCUT2D eigenvalue weighted by Crippen LogP contribution is -2.29. The van der Waals surface area contributed by atoms with Crippen LogP contribution in [0.1, 0.15) is 52.7 Å². The fourth-order valence-corrected chi connectivity index (χ4v) is 11.7. The third kappa shape index (κ3) is 6.21. The van der Waals surface area contributed by atoms with Gasteiger partial charge in [0.05, 0.1) is 0 Å². The summed E-state index contributed by atoms with van der Waals surface area (Å²) in [6.07, 6.45) is 0. The molecule has 0 amide bonds. The molecule has 0 aliphatic rings. The fraction of sp³-hybridized carbons (Fsp3) is 0.375. The van der Waals surface area contributed by atoms with Gasteiger partial charge in [0.1, 0.15) is 26.2 Å². The predicted molar refractivity (Wildman–Crippen MR) is 174 cm³/mol. The summed E-state index contributed by atoms with van der Waals surface area (Å²) in [4.78, 5) is 11.8. The molecule has 6 heteroatoms. The highest BCUT2D eigenvalue weighted by molar-refractivity contribution is 7.29. The van der Waals surface area contributed by atoms with Crippen molar-refractivity contribution in [2.24, 2.45) is 0 Å². The second kappa shape index (κ2) is 12.6. The van der Waals surface area contributed by atoms with E-state index in [-0.39, 0.29) is 0 Å². The smallest absolute Gasteiger partial charge is 0.155 e. The first-order valence-corrected chi connectivity index (χ1v) is 20.8. The molecule has 0 saturated carbocycles. The molecule has 0 spiro atoms. The molecule has 0 fully saturated rings. The van der Waals surface area contributed by atoms with Gasteiger partial charge in [0, 0.05) is 22.3 Å². The van der Waals surface area contributed by atoms with Crippen molar-refractivity contribution in [3.8, 4) is 44.1 Å².